The lowest BCUT2D eigenvalue weighted by molar-refractivity contribution is -0.114. The number of carbonyl (C=O) groups excluding carboxylic acids is 1. The van der Waals surface area contributed by atoms with Gasteiger partial charge in [-0.05, 0) is 32.0 Å². The minimum Gasteiger partial charge on any atom is -0.338 e. The van der Waals surface area contributed by atoms with Gasteiger partial charge in [0.15, 0.2) is 11.0 Å². The molecule has 0 aliphatic heterocycles. The van der Waals surface area contributed by atoms with Crippen molar-refractivity contribution in [1.29, 1.82) is 0 Å². The normalized spacial score (nSPS) is 12.1. The summed E-state index contributed by atoms with van der Waals surface area (Å²) >= 11 is 1.46. The van der Waals surface area contributed by atoms with Crippen LogP contribution >= 0.6 is 11.8 Å². The minimum atomic E-state index is -0.120. The molecule has 9 heteroatoms. The van der Waals surface area contributed by atoms with Crippen LogP contribution in [0.1, 0.15) is 30.8 Å². The van der Waals surface area contributed by atoms with Gasteiger partial charge >= 0.3 is 0 Å². The summed E-state index contributed by atoms with van der Waals surface area (Å²) in [5.74, 6) is 1.02. The number of amides is 1. The lowest BCUT2D eigenvalue weighted by atomic mass is 10.2. The quantitative estimate of drug-likeness (QED) is 0.710. The second kappa shape index (κ2) is 6.83. The van der Waals surface area contributed by atoms with Crippen molar-refractivity contribution >= 4 is 23.4 Å². The predicted octanol–water partition coefficient (Wildman–Crippen LogP) is 2.77. The summed E-state index contributed by atoms with van der Waals surface area (Å²) in [5, 5.41) is 15.3. The van der Waals surface area contributed by atoms with Crippen molar-refractivity contribution in [3.63, 3.8) is 0 Å². The first kappa shape index (κ1) is 16.2. The van der Waals surface area contributed by atoms with Gasteiger partial charge in [-0.2, -0.15) is 4.98 Å². The third-order valence-corrected chi connectivity index (χ3v) is 4.18. The lowest BCUT2D eigenvalue weighted by Crippen LogP contribution is -2.06. The molecule has 0 bridgehead atoms. The molecule has 3 aromatic rings. The zero-order valence-corrected chi connectivity index (χ0v) is 14.2. The molecule has 0 spiro atoms. The Morgan fingerprint density at radius 2 is 2.25 bits per heavy atom. The predicted molar refractivity (Wildman–Crippen MR) is 89.0 cm³/mol. The van der Waals surface area contributed by atoms with Crippen LogP contribution in [0.3, 0.4) is 0 Å². The fraction of sp³-hybridized carbons (Fsp3) is 0.267. The Morgan fingerprint density at radius 3 is 2.96 bits per heavy atom. The zero-order chi connectivity index (χ0) is 17.1. The molecule has 124 valence electrons. The Bertz CT molecular complexity index is 859. The van der Waals surface area contributed by atoms with E-state index in [0.717, 1.165) is 5.69 Å². The number of rotatable bonds is 5. The van der Waals surface area contributed by atoms with Crippen LogP contribution in [0.5, 0.6) is 0 Å². The summed E-state index contributed by atoms with van der Waals surface area (Å²) < 4.78 is 7.04. The van der Waals surface area contributed by atoms with Crippen molar-refractivity contribution in [3.05, 3.63) is 42.3 Å². The van der Waals surface area contributed by atoms with Gasteiger partial charge in [-0.1, -0.05) is 23.0 Å². The van der Waals surface area contributed by atoms with Crippen LogP contribution in [-0.4, -0.2) is 30.8 Å². The molecule has 0 aliphatic carbocycles. The van der Waals surface area contributed by atoms with Crippen molar-refractivity contribution in [1.82, 2.24) is 24.9 Å². The summed E-state index contributed by atoms with van der Waals surface area (Å²) in [5.41, 5.74) is 1.56. The van der Waals surface area contributed by atoms with Crippen LogP contribution < -0.4 is 5.32 Å². The van der Waals surface area contributed by atoms with E-state index in [0.29, 0.717) is 22.6 Å². The molecule has 1 N–H and O–H groups in total. The van der Waals surface area contributed by atoms with E-state index >= 15 is 0 Å². The van der Waals surface area contributed by atoms with E-state index in [4.69, 9.17) is 4.52 Å². The van der Waals surface area contributed by atoms with Crippen LogP contribution in [0.2, 0.25) is 0 Å². The lowest BCUT2D eigenvalue weighted by Gasteiger charge is -2.10. The molecule has 0 saturated carbocycles. The highest BCUT2D eigenvalue weighted by Crippen LogP contribution is 2.33. The maximum atomic E-state index is 11.2. The Morgan fingerprint density at radius 1 is 1.42 bits per heavy atom. The molecule has 8 nitrogen and oxygen atoms in total. The molecule has 0 saturated heterocycles. The van der Waals surface area contributed by atoms with Crippen molar-refractivity contribution in [2.24, 2.45) is 0 Å². The summed E-state index contributed by atoms with van der Waals surface area (Å²) in [4.78, 5) is 15.4. The fourth-order valence-electron chi connectivity index (χ4n) is 2.11. The van der Waals surface area contributed by atoms with Crippen molar-refractivity contribution in [3.8, 4) is 5.69 Å². The molecule has 1 atom stereocenters. The van der Waals surface area contributed by atoms with Crippen LogP contribution in [0.15, 0.2) is 40.3 Å². The Kier molecular flexibility index (Phi) is 4.61. The van der Waals surface area contributed by atoms with Gasteiger partial charge in [-0.3, -0.25) is 9.36 Å². The van der Waals surface area contributed by atoms with Crippen LogP contribution in [0.25, 0.3) is 5.69 Å². The van der Waals surface area contributed by atoms with E-state index in [1.807, 2.05) is 35.8 Å². The van der Waals surface area contributed by atoms with Gasteiger partial charge in [-0.15, -0.1) is 10.2 Å². The van der Waals surface area contributed by atoms with Gasteiger partial charge in [0.05, 0.1) is 10.9 Å². The summed E-state index contributed by atoms with van der Waals surface area (Å²) in [7, 11) is 0. The average Bonchev–Trinajstić information content (AvgIpc) is 3.16. The highest BCUT2D eigenvalue weighted by Gasteiger charge is 2.18. The van der Waals surface area contributed by atoms with Crippen LogP contribution in [0.4, 0.5) is 5.69 Å². The third-order valence-electron chi connectivity index (χ3n) is 3.13. The van der Waals surface area contributed by atoms with E-state index in [1.54, 1.807) is 13.3 Å². The highest BCUT2D eigenvalue weighted by molar-refractivity contribution is 7.99. The van der Waals surface area contributed by atoms with Crippen molar-refractivity contribution in [2.75, 3.05) is 5.32 Å². The number of aromatic nitrogens is 5. The maximum absolute atomic E-state index is 11.2. The first-order chi connectivity index (χ1) is 11.5. The Hall–Kier alpha value is -2.68. The van der Waals surface area contributed by atoms with E-state index in [9.17, 15) is 4.79 Å². The summed E-state index contributed by atoms with van der Waals surface area (Å²) in [6, 6.07) is 7.46. The SMILES string of the molecule is CC(=O)Nc1cccc(-n2cnnc2S[C@@H](C)c2nc(C)no2)c1. The second-order valence-corrected chi connectivity index (χ2v) is 6.46. The largest absolute Gasteiger partial charge is 0.338 e. The van der Waals surface area contributed by atoms with E-state index < -0.39 is 0 Å². The monoisotopic (exact) mass is 344 g/mol. The number of nitrogens with zero attached hydrogens (tertiary/aromatic N) is 5. The molecule has 0 aliphatic rings. The number of hydrogen-bond acceptors (Lipinski definition) is 7. The molecular weight excluding hydrogens is 328 g/mol. The van der Waals surface area contributed by atoms with Gasteiger partial charge < -0.3 is 9.84 Å². The van der Waals surface area contributed by atoms with E-state index in [1.165, 1.54) is 18.7 Å². The summed E-state index contributed by atoms with van der Waals surface area (Å²) in [6.07, 6.45) is 1.63. The van der Waals surface area contributed by atoms with Gasteiger partial charge in [0.1, 0.15) is 6.33 Å². The first-order valence-electron chi connectivity index (χ1n) is 7.28. The molecule has 0 radical (unpaired) electrons. The summed E-state index contributed by atoms with van der Waals surface area (Å²) in [6.45, 7) is 5.21. The maximum Gasteiger partial charge on any atom is 0.239 e. The number of anilines is 1. The number of carbonyl (C=O) groups is 1. The standard InChI is InChI=1S/C15H16N6O2S/c1-9(14-17-10(2)20-23-14)24-15-19-16-8-21(15)13-6-4-5-12(7-13)18-11(3)22/h4-9H,1-3H3,(H,18,22)/t9-/m0/s1. The number of hydrogen-bond donors (Lipinski definition) is 1. The van der Waals surface area contributed by atoms with Gasteiger partial charge in [-0.25, -0.2) is 0 Å². The smallest absolute Gasteiger partial charge is 0.239 e. The highest BCUT2D eigenvalue weighted by atomic mass is 32.2. The first-order valence-corrected chi connectivity index (χ1v) is 8.16. The van der Waals surface area contributed by atoms with Crippen molar-refractivity contribution in [2.45, 2.75) is 31.2 Å². The van der Waals surface area contributed by atoms with Crippen molar-refractivity contribution < 1.29 is 9.32 Å². The third kappa shape index (κ3) is 3.62. The molecule has 0 unspecified atom stereocenters. The van der Waals surface area contributed by atoms with E-state index in [2.05, 4.69) is 25.7 Å². The molecule has 0 fully saturated rings. The number of aryl methyl sites for hydroxylation is 1. The Balaban J connectivity index is 1.84. The molecule has 3 rings (SSSR count). The molecule has 2 heterocycles. The average molecular weight is 344 g/mol. The van der Waals surface area contributed by atoms with Gasteiger partial charge in [0, 0.05) is 12.6 Å². The van der Waals surface area contributed by atoms with Crippen LogP contribution in [-0.2, 0) is 4.79 Å². The molecule has 2 aromatic heterocycles. The molecular formula is C15H16N6O2S. The van der Waals surface area contributed by atoms with Gasteiger partial charge in [0.25, 0.3) is 0 Å². The molecule has 24 heavy (non-hydrogen) atoms. The Labute approximate surface area is 142 Å². The minimum absolute atomic E-state index is 0.0623. The molecule has 1 aromatic carbocycles. The second-order valence-electron chi connectivity index (χ2n) is 5.15. The zero-order valence-electron chi connectivity index (χ0n) is 13.4. The van der Waals surface area contributed by atoms with Crippen LogP contribution in [0, 0.1) is 6.92 Å². The number of nitrogens with one attached hydrogen (secondary N) is 1. The number of thioether (sulfide) groups is 1. The fourth-order valence-corrected chi connectivity index (χ4v) is 2.98. The topological polar surface area (TPSA) is 98.7 Å². The number of benzene rings is 1. The van der Waals surface area contributed by atoms with Gasteiger partial charge in [0.2, 0.25) is 11.8 Å². The molecule has 1 amide bonds. The van der Waals surface area contributed by atoms with E-state index in [-0.39, 0.29) is 11.2 Å².